The Morgan fingerprint density at radius 3 is 1.10 bits per heavy atom. The molecule has 2 unspecified atom stereocenters. The molecule has 0 spiro atoms. The van der Waals surface area contributed by atoms with Crippen molar-refractivity contribution in [2.75, 3.05) is 336 Å². The molecule has 0 rings (SSSR count). The highest BCUT2D eigenvalue weighted by atomic mass is 16.6. The lowest BCUT2D eigenvalue weighted by atomic mass is 10.3. The van der Waals surface area contributed by atoms with Gasteiger partial charge >= 0.3 is 0 Å². The number of nitrogens with one attached hydrogen (secondary N) is 7. The molecule has 0 saturated heterocycles. The van der Waals surface area contributed by atoms with Gasteiger partial charge in [-0.1, -0.05) is 6.92 Å². The lowest BCUT2D eigenvalue weighted by Crippen LogP contribution is -2.45. The quantitative estimate of drug-likeness (QED) is 0.0254. The lowest BCUT2D eigenvalue weighted by Gasteiger charge is -2.28. The Morgan fingerprint density at radius 1 is 0.317 bits per heavy atom. The van der Waals surface area contributed by atoms with Gasteiger partial charge in [0.15, 0.2) is 0 Å². The van der Waals surface area contributed by atoms with Crippen LogP contribution in [0.3, 0.4) is 0 Å². The molecule has 27 heteroatoms. The summed E-state index contributed by atoms with van der Waals surface area (Å²) in [5.74, 6) is 0. The Hall–Kier alpha value is -1.08. The molecule has 0 heterocycles. The smallest absolute Gasteiger partial charge is 0.0897 e. The Bertz CT molecular complexity index is 1210. The molecule has 82 heavy (non-hydrogen) atoms. The summed E-state index contributed by atoms with van der Waals surface area (Å²) in [4.78, 5) is 9.63. The van der Waals surface area contributed by atoms with Crippen LogP contribution in [0.25, 0.3) is 0 Å². The number of hydrogen-bond acceptors (Lipinski definition) is 27. The molecule has 27 nitrogen and oxygen atoms in total. The normalized spacial score (nSPS) is 12.9. The van der Waals surface area contributed by atoms with Gasteiger partial charge in [-0.2, -0.15) is 0 Å². The van der Waals surface area contributed by atoms with Gasteiger partial charge in [-0.25, -0.2) is 0 Å². The average Bonchev–Trinajstić information content (AvgIpc) is 3.47. The Kier molecular flexibility index (Phi) is 68.1. The van der Waals surface area contributed by atoms with Crippen molar-refractivity contribution in [3.05, 3.63) is 0 Å². The van der Waals surface area contributed by atoms with E-state index in [1.807, 2.05) is 0 Å². The van der Waals surface area contributed by atoms with E-state index in [1.165, 1.54) is 0 Å². The zero-order chi connectivity index (χ0) is 59.5. The Morgan fingerprint density at radius 2 is 0.646 bits per heavy atom. The zero-order valence-electron chi connectivity index (χ0n) is 51.8. The Balaban J connectivity index is 4.46. The van der Waals surface area contributed by atoms with E-state index in [0.717, 1.165) is 163 Å². The predicted octanol–water partition coefficient (Wildman–Crippen LogP) is -5.19. The SMILES string of the molecule is CCCNCCN(CCN)CCNCCNCC(O)COCCOCCOCCOCC(O)CNCCN(CCNCCN)CCNCCN(CCNCCOCCOCCOCCOC)CCN(CCOCCO)CCOCCOC. The van der Waals surface area contributed by atoms with Crippen molar-refractivity contribution in [3.8, 4) is 0 Å². The van der Waals surface area contributed by atoms with Crippen LogP contribution in [0.4, 0.5) is 0 Å². The van der Waals surface area contributed by atoms with Gasteiger partial charge in [0.1, 0.15) is 0 Å². The van der Waals surface area contributed by atoms with Crippen molar-refractivity contribution in [3.63, 3.8) is 0 Å². The molecular weight excluding hydrogens is 1070 g/mol. The predicted molar refractivity (Wildman–Crippen MR) is 324 cm³/mol. The fraction of sp³-hybridized carbons (Fsp3) is 1.00. The van der Waals surface area contributed by atoms with Crippen molar-refractivity contribution in [1.82, 2.24) is 56.8 Å². The summed E-state index contributed by atoms with van der Waals surface area (Å²) in [6.45, 7) is 34.4. The Labute approximate surface area is 496 Å². The summed E-state index contributed by atoms with van der Waals surface area (Å²) in [5, 5.41) is 54.2. The van der Waals surface area contributed by atoms with Crippen LogP contribution in [0.2, 0.25) is 0 Å². The number of methoxy groups -OCH3 is 2. The molecule has 2 atom stereocenters. The van der Waals surface area contributed by atoms with Crippen molar-refractivity contribution in [1.29, 1.82) is 0 Å². The van der Waals surface area contributed by atoms with E-state index in [0.29, 0.717) is 145 Å². The summed E-state index contributed by atoms with van der Waals surface area (Å²) >= 11 is 0. The van der Waals surface area contributed by atoms with Crippen LogP contribution in [0, 0.1) is 0 Å². The number of aliphatic hydroxyl groups is 3. The number of hydrogen-bond donors (Lipinski definition) is 12. The fourth-order valence-corrected chi connectivity index (χ4v) is 7.83. The second-order valence-electron chi connectivity index (χ2n) is 19.6. The second kappa shape index (κ2) is 69.0. The summed E-state index contributed by atoms with van der Waals surface area (Å²) in [6, 6.07) is 0. The highest BCUT2D eigenvalue weighted by molar-refractivity contribution is 4.70. The molecule has 0 radical (unpaired) electrons. The first kappa shape index (κ1) is 80.9. The van der Waals surface area contributed by atoms with Gasteiger partial charge in [0.25, 0.3) is 0 Å². The first-order chi connectivity index (χ1) is 40.4. The van der Waals surface area contributed by atoms with Crippen molar-refractivity contribution in [2.24, 2.45) is 11.5 Å². The third-order valence-electron chi connectivity index (χ3n) is 12.5. The highest BCUT2D eigenvalue weighted by Crippen LogP contribution is 1.97. The van der Waals surface area contributed by atoms with Crippen LogP contribution in [-0.2, 0) is 52.1 Å². The lowest BCUT2D eigenvalue weighted by molar-refractivity contribution is -0.0238. The molecule has 0 aliphatic rings. The van der Waals surface area contributed by atoms with Crippen LogP contribution in [0.5, 0.6) is 0 Å². The van der Waals surface area contributed by atoms with E-state index in [1.54, 1.807) is 14.2 Å². The highest BCUT2D eigenvalue weighted by Gasteiger charge is 2.12. The first-order valence-corrected chi connectivity index (χ1v) is 30.8. The zero-order valence-corrected chi connectivity index (χ0v) is 51.8. The maximum atomic E-state index is 10.6. The molecule has 0 amide bonds. The van der Waals surface area contributed by atoms with Crippen LogP contribution in [-0.4, -0.2) is 383 Å². The van der Waals surface area contributed by atoms with E-state index < -0.39 is 12.2 Å². The molecule has 494 valence electrons. The minimum Gasteiger partial charge on any atom is -0.394 e. The fourth-order valence-electron chi connectivity index (χ4n) is 7.83. The number of nitrogens with two attached hydrogens (primary N) is 2. The molecule has 0 aliphatic heterocycles. The summed E-state index contributed by atoms with van der Waals surface area (Å²) < 4.78 is 60.7. The molecule has 0 bridgehead atoms. The average molecular weight is 1190 g/mol. The van der Waals surface area contributed by atoms with Gasteiger partial charge in [-0.3, -0.25) is 19.6 Å². The third kappa shape index (κ3) is 62.0. The second-order valence-corrected chi connectivity index (χ2v) is 19.6. The van der Waals surface area contributed by atoms with E-state index >= 15 is 0 Å². The topological polar surface area (TPSA) is 311 Å². The summed E-state index contributed by atoms with van der Waals surface area (Å²) in [7, 11) is 3.33. The van der Waals surface area contributed by atoms with Crippen LogP contribution in [0.1, 0.15) is 13.3 Å². The molecular formula is C55H125N13O14. The molecule has 14 N–H and O–H groups in total. The van der Waals surface area contributed by atoms with E-state index in [-0.39, 0.29) is 19.8 Å². The number of ether oxygens (including phenoxy) is 11. The van der Waals surface area contributed by atoms with Gasteiger partial charge in [-0.15, -0.1) is 0 Å². The van der Waals surface area contributed by atoms with Gasteiger partial charge in [0, 0.05) is 191 Å². The monoisotopic (exact) mass is 1190 g/mol. The minimum absolute atomic E-state index is 0.0100. The number of rotatable bonds is 73. The molecule has 0 fully saturated rings. The van der Waals surface area contributed by atoms with Gasteiger partial charge in [-0.05, 0) is 13.0 Å². The molecule has 0 aromatic heterocycles. The minimum atomic E-state index is -0.632. The van der Waals surface area contributed by atoms with Crippen LogP contribution in [0.15, 0.2) is 0 Å². The first-order valence-electron chi connectivity index (χ1n) is 30.8. The molecule has 0 aliphatic carbocycles. The van der Waals surface area contributed by atoms with E-state index in [9.17, 15) is 15.3 Å². The number of nitrogens with zero attached hydrogens (tertiary/aromatic N) is 4. The molecule has 0 aromatic carbocycles. The number of aliphatic hydroxyl groups excluding tert-OH is 3. The van der Waals surface area contributed by atoms with Crippen LogP contribution >= 0.6 is 0 Å². The van der Waals surface area contributed by atoms with E-state index in [2.05, 4.69) is 63.7 Å². The van der Waals surface area contributed by atoms with Crippen molar-refractivity contribution < 1.29 is 67.4 Å². The third-order valence-corrected chi connectivity index (χ3v) is 12.5. The van der Waals surface area contributed by atoms with Crippen molar-refractivity contribution in [2.45, 2.75) is 25.6 Å². The van der Waals surface area contributed by atoms with E-state index in [4.69, 9.17) is 63.6 Å². The van der Waals surface area contributed by atoms with Gasteiger partial charge in [0.05, 0.1) is 151 Å². The largest absolute Gasteiger partial charge is 0.394 e. The maximum Gasteiger partial charge on any atom is 0.0897 e. The summed E-state index contributed by atoms with van der Waals surface area (Å²) in [6.07, 6.45) is -0.0760. The molecule has 0 aromatic rings. The molecule has 0 saturated carbocycles. The standard InChI is InChI=1S/C55H125N13O14/c1-4-7-58-11-20-65(19-6-57)21-13-60-9-10-63-50-54(70)52-81-48-46-79-44-45-80-47-49-82-53-55(71)51-64-17-26-66(22-12-59-8-5-56)23-14-61-15-24-67(25-16-62-18-32-74-40-41-78-43-42-77-39-37-73-3)27-28-68(29-33-75-35-31-69)30-34-76-38-36-72-2/h54-55,58-64,69-71H,4-53,56-57H2,1-3H3. The van der Waals surface area contributed by atoms with Gasteiger partial charge in [0.2, 0.25) is 0 Å². The maximum absolute atomic E-state index is 10.6. The summed E-state index contributed by atoms with van der Waals surface area (Å²) in [5.41, 5.74) is 11.5. The van der Waals surface area contributed by atoms with Gasteiger partial charge < -0.3 is 116 Å². The van der Waals surface area contributed by atoms with Crippen molar-refractivity contribution >= 4 is 0 Å². The van der Waals surface area contributed by atoms with Crippen LogP contribution < -0.4 is 48.7 Å².